The van der Waals surface area contributed by atoms with E-state index in [1.807, 2.05) is 0 Å². The van der Waals surface area contributed by atoms with Gasteiger partial charge in [0.1, 0.15) is 5.56 Å². The zero-order valence-electron chi connectivity index (χ0n) is 10.1. The summed E-state index contributed by atoms with van der Waals surface area (Å²) in [7, 11) is -3.24. The zero-order chi connectivity index (χ0) is 14.9. The van der Waals surface area contributed by atoms with Crippen LogP contribution >= 0.6 is 23.4 Å². The van der Waals surface area contributed by atoms with E-state index in [4.69, 9.17) is 11.6 Å². The summed E-state index contributed by atoms with van der Waals surface area (Å²) in [5, 5.41) is 9.09. The van der Waals surface area contributed by atoms with E-state index >= 15 is 0 Å². The molecule has 1 fully saturated rings. The van der Waals surface area contributed by atoms with E-state index in [9.17, 15) is 23.3 Å². The average molecular weight is 336 g/mol. The maximum absolute atomic E-state index is 12.1. The lowest BCUT2D eigenvalue weighted by molar-refractivity contribution is -0.385. The lowest BCUT2D eigenvalue weighted by Crippen LogP contribution is -2.17. The topological polar surface area (TPSA) is 94.3 Å². The largest absolute Gasteiger partial charge is 0.281 e. The van der Waals surface area contributed by atoms with Crippen LogP contribution in [0.2, 0.25) is 0 Å². The number of nitro benzene ring substituents is 1. The molecule has 20 heavy (non-hydrogen) atoms. The number of benzene rings is 1. The summed E-state index contributed by atoms with van der Waals surface area (Å²) in [5.74, 6) is -0.353. The summed E-state index contributed by atoms with van der Waals surface area (Å²) in [4.78, 5) is 22.3. The molecule has 0 saturated carbocycles. The van der Waals surface area contributed by atoms with Gasteiger partial charge >= 0.3 is 0 Å². The van der Waals surface area contributed by atoms with Crippen molar-refractivity contribution in [3.8, 4) is 0 Å². The molecule has 1 aromatic rings. The first-order valence-corrected chi connectivity index (χ1v) is 8.73. The minimum absolute atomic E-state index is 0.0457. The SMILES string of the molecule is O=C(SC1CS(=O)(=O)CC1Cl)c1ccccc1[N+](=O)[O-]. The molecule has 0 aliphatic carbocycles. The highest BCUT2D eigenvalue weighted by Crippen LogP contribution is 2.32. The molecular weight excluding hydrogens is 326 g/mol. The van der Waals surface area contributed by atoms with Gasteiger partial charge in [-0.05, 0) is 6.07 Å². The predicted octanol–water partition coefficient (Wildman–Crippen LogP) is 1.87. The second-order valence-corrected chi connectivity index (χ2v) is 8.24. The predicted molar refractivity (Wildman–Crippen MR) is 77.1 cm³/mol. The van der Waals surface area contributed by atoms with Gasteiger partial charge in [0.2, 0.25) is 5.12 Å². The first-order chi connectivity index (χ1) is 9.30. The van der Waals surface area contributed by atoms with Gasteiger partial charge in [-0.15, -0.1) is 11.6 Å². The third-order valence-corrected chi connectivity index (χ3v) is 6.78. The third-order valence-electron chi connectivity index (χ3n) is 2.81. The Morgan fingerprint density at radius 1 is 1.35 bits per heavy atom. The Morgan fingerprint density at radius 2 is 2.00 bits per heavy atom. The number of halogens is 1. The van der Waals surface area contributed by atoms with Crippen LogP contribution in [-0.2, 0) is 9.84 Å². The molecule has 0 bridgehead atoms. The molecule has 1 aliphatic heterocycles. The number of carbonyl (C=O) groups excluding carboxylic acids is 1. The standard InChI is InChI=1S/C11H10ClNO5S2/c12-8-5-20(17,18)6-10(8)19-11(14)7-3-1-2-4-9(7)13(15)16/h1-4,8,10H,5-6H2. The number of para-hydroxylation sites is 1. The fourth-order valence-electron chi connectivity index (χ4n) is 1.89. The van der Waals surface area contributed by atoms with Crippen LogP contribution in [0.25, 0.3) is 0 Å². The molecule has 108 valence electrons. The Bertz CT molecular complexity index is 661. The lowest BCUT2D eigenvalue weighted by atomic mass is 10.2. The van der Waals surface area contributed by atoms with Gasteiger partial charge in [0.05, 0.1) is 21.8 Å². The second kappa shape index (κ2) is 5.71. The molecule has 0 spiro atoms. The van der Waals surface area contributed by atoms with Crippen molar-refractivity contribution >= 4 is 44.0 Å². The van der Waals surface area contributed by atoms with E-state index in [1.165, 1.54) is 24.3 Å². The van der Waals surface area contributed by atoms with Gasteiger partial charge in [-0.3, -0.25) is 14.9 Å². The van der Waals surface area contributed by atoms with E-state index in [0.29, 0.717) is 0 Å². The Kier molecular flexibility index (Phi) is 4.36. The Morgan fingerprint density at radius 3 is 2.55 bits per heavy atom. The smallest absolute Gasteiger partial charge is 0.281 e. The number of alkyl halides is 1. The molecule has 0 aromatic heterocycles. The number of hydrogen-bond acceptors (Lipinski definition) is 6. The van der Waals surface area contributed by atoms with Gasteiger partial charge in [-0.2, -0.15) is 0 Å². The van der Waals surface area contributed by atoms with Gasteiger partial charge in [0.15, 0.2) is 9.84 Å². The van der Waals surface area contributed by atoms with Crippen LogP contribution in [0, 0.1) is 10.1 Å². The van der Waals surface area contributed by atoms with Crippen LogP contribution in [0.1, 0.15) is 10.4 Å². The molecule has 1 aromatic carbocycles. The normalized spacial score (nSPS) is 24.4. The highest BCUT2D eigenvalue weighted by Gasteiger charge is 2.39. The van der Waals surface area contributed by atoms with Crippen molar-refractivity contribution in [1.82, 2.24) is 0 Å². The van der Waals surface area contributed by atoms with Crippen LogP contribution in [0.15, 0.2) is 24.3 Å². The number of carbonyl (C=O) groups is 1. The number of thioether (sulfide) groups is 1. The van der Waals surface area contributed by atoms with Gasteiger partial charge in [0, 0.05) is 11.3 Å². The van der Waals surface area contributed by atoms with E-state index < -0.39 is 30.5 Å². The summed E-state index contributed by atoms with van der Waals surface area (Å²) in [6.07, 6.45) is 0. The van der Waals surface area contributed by atoms with Crippen molar-refractivity contribution < 1.29 is 18.1 Å². The molecule has 2 atom stereocenters. The highest BCUT2D eigenvalue weighted by molar-refractivity contribution is 8.15. The average Bonchev–Trinajstić information content (AvgIpc) is 2.62. The van der Waals surface area contributed by atoms with Crippen molar-refractivity contribution in [2.45, 2.75) is 10.6 Å². The summed E-state index contributed by atoms with van der Waals surface area (Å²) < 4.78 is 22.9. The maximum atomic E-state index is 12.1. The molecule has 9 heteroatoms. The van der Waals surface area contributed by atoms with Crippen LogP contribution in [0.5, 0.6) is 0 Å². The lowest BCUT2D eigenvalue weighted by Gasteiger charge is -2.10. The first kappa shape index (κ1) is 15.3. The second-order valence-electron chi connectivity index (χ2n) is 4.31. The monoisotopic (exact) mass is 335 g/mol. The van der Waals surface area contributed by atoms with Crippen molar-refractivity contribution in [2.24, 2.45) is 0 Å². The molecule has 0 radical (unpaired) electrons. The number of hydrogen-bond donors (Lipinski definition) is 0. The summed E-state index contributed by atoms with van der Waals surface area (Å²) in [6, 6.07) is 5.56. The zero-order valence-corrected chi connectivity index (χ0v) is 12.5. The van der Waals surface area contributed by atoms with Crippen LogP contribution < -0.4 is 0 Å². The van der Waals surface area contributed by atoms with Crippen molar-refractivity contribution in [2.75, 3.05) is 11.5 Å². The molecule has 1 saturated heterocycles. The van der Waals surface area contributed by atoms with Crippen molar-refractivity contribution in [3.05, 3.63) is 39.9 Å². The number of nitro groups is 1. The van der Waals surface area contributed by atoms with Crippen LogP contribution in [-0.4, -0.2) is 40.6 Å². The molecule has 0 amide bonds. The van der Waals surface area contributed by atoms with Crippen LogP contribution in [0.4, 0.5) is 5.69 Å². The van der Waals surface area contributed by atoms with Gasteiger partial charge < -0.3 is 0 Å². The van der Waals surface area contributed by atoms with Gasteiger partial charge in [-0.1, -0.05) is 23.9 Å². The van der Waals surface area contributed by atoms with Crippen LogP contribution in [0.3, 0.4) is 0 Å². The molecule has 2 unspecified atom stereocenters. The fourth-order valence-corrected chi connectivity index (χ4v) is 6.23. The quantitative estimate of drug-likeness (QED) is 0.475. The Labute approximate surface area is 124 Å². The van der Waals surface area contributed by atoms with Gasteiger partial charge in [0.25, 0.3) is 5.69 Å². The molecule has 1 aliphatic rings. The first-order valence-electron chi connectivity index (χ1n) is 5.59. The molecular formula is C11H10ClNO5S2. The van der Waals surface area contributed by atoms with E-state index in [2.05, 4.69) is 0 Å². The minimum atomic E-state index is -3.24. The van der Waals surface area contributed by atoms with Crippen molar-refractivity contribution in [1.29, 1.82) is 0 Å². The number of rotatable bonds is 3. The molecule has 6 nitrogen and oxygen atoms in total. The summed E-state index contributed by atoms with van der Waals surface area (Å²) >= 11 is 6.66. The van der Waals surface area contributed by atoms with Crippen molar-refractivity contribution in [3.63, 3.8) is 0 Å². The fraction of sp³-hybridized carbons (Fsp3) is 0.364. The molecule has 1 heterocycles. The molecule has 2 rings (SSSR count). The minimum Gasteiger partial charge on any atom is -0.281 e. The number of sulfone groups is 1. The summed E-state index contributed by atoms with van der Waals surface area (Å²) in [5.41, 5.74) is -0.340. The maximum Gasteiger partial charge on any atom is 0.281 e. The highest BCUT2D eigenvalue weighted by atomic mass is 35.5. The summed E-state index contributed by atoms with van der Waals surface area (Å²) in [6.45, 7) is 0. The van der Waals surface area contributed by atoms with E-state index in [-0.39, 0.29) is 22.8 Å². The molecule has 0 N–H and O–H groups in total. The van der Waals surface area contributed by atoms with Gasteiger partial charge in [-0.25, -0.2) is 8.42 Å². The van der Waals surface area contributed by atoms with E-state index in [0.717, 1.165) is 11.8 Å². The Hall–Kier alpha value is -1.12. The Balaban J connectivity index is 2.20. The third kappa shape index (κ3) is 3.31. The number of nitrogens with zero attached hydrogens (tertiary/aromatic N) is 1. The van der Waals surface area contributed by atoms with E-state index in [1.54, 1.807) is 0 Å².